The molecule has 0 bridgehead atoms. The van der Waals surface area contributed by atoms with Gasteiger partial charge in [-0.25, -0.2) is 0 Å². The Morgan fingerprint density at radius 2 is 2.04 bits per heavy atom. The second-order valence-electron chi connectivity index (χ2n) is 5.27. The van der Waals surface area contributed by atoms with Gasteiger partial charge in [0.2, 0.25) is 0 Å². The van der Waals surface area contributed by atoms with Gasteiger partial charge in [0.25, 0.3) is 5.56 Å². The van der Waals surface area contributed by atoms with Gasteiger partial charge in [0, 0.05) is 17.7 Å². The zero-order chi connectivity index (χ0) is 16.6. The summed E-state index contributed by atoms with van der Waals surface area (Å²) in [6.45, 7) is 0. The third-order valence-corrected chi connectivity index (χ3v) is 4.23. The number of hydrogen-bond donors (Lipinski definition) is 0. The fourth-order valence-corrected chi connectivity index (χ4v) is 3.09. The molecule has 1 aromatic carbocycles. The highest BCUT2D eigenvalue weighted by molar-refractivity contribution is 6.32. The number of aromatic nitrogens is 1. The van der Waals surface area contributed by atoms with Crippen LogP contribution in [0.25, 0.3) is 5.69 Å². The van der Waals surface area contributed by atoms with Gasteiger partial charge < -0.3 is 4.74 Å². The number of pyridine rings is 1. The largest absolute Gasteiger partial charge is 0.495 e. The molecule has 1 aromatic heterocycles. The van der Waals surface area contributed by atoms with E-state index in [0.717, 1.165) is 0 Å². The van der Waals surface area contributed by atoms with Crippen molar-refractivity contribution in [3.8, 4) is 17.5 Å². The van der Waals surface area contributed by atoms with Gasteiger partial charge in [-0.05, 0) is 37.1 Å². The summed E-state index contributed by atoms with van der Waals surface area (Å²) in [5.41, 5.74) is 1.10. The third kappa shape index (κ3) is 2.51. The van der Waals surface area contributed by atoms with E-state index in [-0.39, 0.29) is 11.3 Å². The van der Waals surface area contributed by atoms with E-state index >= 15 is 0 Å². The van der Waals surface area contributed by atoms with Crippen LogP contribution in [0.15, 0.2) is 29.1 Å². The summed E-state index contributed by atoms with van der Waals surface area (Å²) >= 11 is 6.14. The number of fused-ring (bicyclic) bond motifs is 1. The van der Waals surface area contributed by atoms with Crippen molar-refractivity contribution in [1.29, 1.82) is 5.26 Å². The van der Waals surface area contributed by atoms with Crippen LogP contribution in [0.2, 0.25) is 5.02 Å². The first-order chi connectivity index (χ1) is 11.1. The lowest BCUT2D eigenvalue weighted by Crippen LogP contribution is -2.29. The average molecular weight is 329 g/mol. The first-order valence-electron chi connectivity index (χ1n) is 7.13. The minimum atomic E-state index is -0.442. The molecule has 1 aliphatic carbocycles. The molecule has 3 rings (SSSR count). The third-order valence-electron chi connectivity index (χ3n) is 3.93. The van der Waals surface area contributed by atoms with Crippen LogP contribution in [0.3, 0.4) is 0 Å². The maximum Gasteiger partial charge on any atom is 0.273 e. The van der Waals surface area contributed by atoms with Gasteiger partial charge >= 0.3 is 0 Å². The lowest BCUT2D eigenvalue weighted by molar-refractivity contribution is 0.0971. The molecule has 0 fully saturated rings. The number of nitriles is 1. The van der Waals surface area contributed by atoms with Gasteiger partial charge in [0.15, 0.2) is 5.78 Å². The normalized spacial score (nSPS) is 13.3. The van der Waals surface area contributed by atoms with Crippen LogP contribution >= 0.6 is 11.6 Å². The summed E-state index contributed by atoms with van der Waals surface area (Å²) in [7, 11) is 1.50. The Balaban J connectivity index is 2.33. The van der Waals surface area contributed by atoms with Gasteiger partial charge in [0.1, 0.15) is 17.4 Å². The summed E-state index contributed by atoms with van der Waals surface area (Å²) < 4.78 is 6.53. The van der Waals surface area contributed by atoms with E-state index < -0.39 is 5.56 Å². The van der Waals surface area contributed by atoms with E-state index in [4.69, 9.17) is 16.3 Å². The van der Waals surface area contributed by atoms with Crippen LogP contribution in [-0.2, 0) is 6.42 Å². The number of carbonyl (C=O) groups excluding carboxylic acids is 1. The Morgan fingerprint density at radius 3 is 2.70 bits per heavy atom. The van der Waals surface area contributed by atoms with Crippen LogP contribution in [0.5, 0.6) is 5.75 Å². The zero-order valence-electron chi connectivity index (χ0n) is 12.4. The van der Waals surface area contributed by atoms with E-state index in [1.165, 1.54) is 17.7 Å². The molecule has 0 unspecified atom stereocenters. The van der Waals surface area contributed by atoms with E-state index in [1.807, 2.05) is 6.07 Å². The Labute approximate surface area is 137 Å². The van der Waals surface area contributed by atoms with Gasteiger partial charge in [-0.2, -0.15) is 5.26 Å². The molecule has 0 N–H and O–H groups in total. The van der Waals surface area contributed by atoms with Crippen molar-refractivity contribution in [2.24, 2.45) is 0 Å². The van der Waals surface area contributed by atoms with Crippen molar-refractivity contribution in [3.05, 3.63) is 56.5 Å². The highest BCUT2D eigenvalue weighted by Crippen LogP contribution is 2.29. The molecule has 0 atom stereocenters. The fourth-order valence-electron chi connectivity index (χ4n) is 2.84. The van der Waals surface area contributed by atoms with Crippen molar-refractivity contribution in [2.45, 2.75) is 19.3 Å². The first kappa shape index (κ1) is 15.3. The Bertz CT molecular complexity index is 909. The summed E-state index contributed by atoms with van der Waals surface area (Å²) in [5.74, 6) is 0.445. The van der Waals surface area contributed by atoms with Gasteiger partial charge in [0.05, 0.1) is 17.8 Å². The molecule has 0 saturated heterocycles. The van der Waals surface area contributed by atoms with Gasteiger partial charge in [-0.3, -0.25) is 14.2 Å². The number of ketones is 1. The van der Waals surface area contributed by atoms with Crippen molar-refractivity contribution >= 4 is 17.4 Å². The number of hydrogen-bond acceptors (Lipinski definition) is 4. The van der Waals surface area contributed by atoms with E-state index in [0.29, 0.717) is 47.0 Å². The minimum absolute atomic E-state index is 0.0453. The predicted octanol–water partition coefficient (Wildman–Crippen LogP) is 2.89. The molecule has 0 saturated carbocycles. The second-order valence-corrected chi connectivity index (χ2v) is 5.67. The summed E-state index contributed by atoms with van der Waals surface area (Å²) in [6.07, 6.45) is 1.71. The van der Waals surface area contributed by atoms with Crippen LogP contribution in [0.4, 0.5) is 0 Å². The summed E-state index contributed by atoms with van der Waals surface area (Å²) in [6, 6.07) is 8.21. The standard InChI is InChI=1S/C17H13ClN2O3/c1-23-16-6-5-11(8-13(16)18)20-14-3-2-4-15(21)12(14)7-10(9-19)17(20)22/h5-8H,2-4H2,1H3. The monoisotopic (exact) mass is 328 g/mol. The van der Waals surface area contributed by atoms with Crippen LogP contribution in [-0.4, -0.2) is 17.5 Å². The molecule has 0 amide bonds. The van der Waals surface area contributed by atoms with Crippen molar-refractivity contribution < 1.29 is 9.53 Å². The van der Waals surface area contributed by atoms with Crippen LogP contribution in [0, 0.1) is 11.3 Å². The molecule has 0 aliphatic heterocycles. The van der Waals surface area contributed by atoms with Crippen LogP contribution in [0.1, 0.15) is 34.5 Å². The zero-order valence-corrected chi connectivity index (χ0v) is 13.2. The van der Waals surface area contributed by atoms with E-state index in [2.05, 4.69) is 0 Å². The number of benzene rings is 1. The second kappa shape index (κ2) is 5.90. The number of halogens is 1. The molecule has 5 nitrogen and oxygen atoms in total. The lowest BCUT2D eigenvalue weighted by Gasteiger charge is -2.21. The Morgan fingerprint density at radius 1 is 1.26 bits per heavy atom. The quantitative estimate of drug-likeness (QED) is 0.849. The first-order valence-corrected chi connectivity index (χ1v) is 7.50. The number of Topliss-reactive ketones (excluding diaryl/α,β-unsaturated/α-hetero) is 1. The molecule has 2 aromatic rings. The topological polar surface area (TPSA) is 72.1 Å². The van der Waals surface area contributed by atoms with E-state index in [1.54, 1.807) is 18.2 Å². The molecule has 0 spiro atoms. The summed E-state index contributed by atoms with van der Waals surface area (Å²) in [5, 5.41) is 9.55. The van der Waals surface area contributed by atoms with Crippen molar-refractivity contribution in [2.75, 3.05) is 7.11 Å². The number of rotatable bonds is 2. The summed E-state index contributed by atoms with van der Waals surface area (Å²) in [4.78, 5) is 24.7. The molecule has 1 aliphatic rings. The molecule has 0 radical (unpaired) electrons. The lowest BCUT2D eigenvalue weighted by atomic mass is 9.93. The predicted molar refractivity (Wildman–Crippen MR) is 85.6 cm³/mol. The molecular formula is C17H13ClN2O3. The molecule has 116 valence electrons. The Kier molecular flexibility index (Phi) is 3.93. The number of nitrogens with zero attached hydrogens (tertiary/aromatic N) is 2. The highest BCUT2D eigenvalue weighted by Gasteiger charge is 2.24. The average Bonchev–Trinajstić information content (AvgIpc) is 2.54. The van der Waals surface area contributed by atoms with E-state index in [9.17, 15) is 14.9 Å². The number of carbonyl (C=O) groups is 1. The number of methoxy groups -OCH3 is 1. The minimum Gasteiger partial charge on any atom is -0.495 e. The maximum absolute atomic E-state index is 12.6. The molecule has 23 heavy (non-hydrogen) atoms. The molecule has 6 heteroatoms. The van der Waals surface area contributed by atoms with Crippen molar-refractivity contribution in [3.63, 3.8) is 0 Å². The highest BCUT2D eigenvalue weighted by atomic mass is 35.5. The van der Waals surface area contributed by atoms with Crippen molar-refractivity contribution in [1.82, 2.24) is 4.57 Å². The van der Waals surface area contributed by atoms with Gasteiger partial charge in [-0.1, -0.05) is 11.6 Å². The molecular weight excluding hydrogens is 316 g/mol. The number of ether oxygens (including phenoxy) is 1. The maximum atomic E-state index is 12.6. The van der Waals surface area contributed by atoms with Gasteiger partial charge in [-0.15, -0.1) is 0 Å². The fraction of sp³-hybridized carbons (Fsp3) is 0.235. The molecule has 1 heterocycles. The Hall–Kier alpha value is -2.58. The van der Waals surface area contributed by atoms with Crippen LogP contribution < -0.4 is 10.3 Å². The smallest absolute Gasteiger partial charge is 0.273 e. The SMILES string of the molecule is COc1ccc(-n2c3c(cc(C#N)c2=O)C(=O)CCC3)cc1Cl.